The van der Waals surface area contributed by atoms with E-state index in [2.05, 4.69) is 15.9 Å². The van der Waals surface area contributed by atoms with Crippen molar-refractivity contribution < 1.29 is 8.78 Å². The normalized spacial score (nSPS) is 10.6. The van der Waals surface area contributed by atoms with E-state index in [0.717, 1.165) is 0 Å². The summed E-state index contributed by atoms with van der Waals surface area (Å²) in [6.45, 7) is 0. The van der Waals surface area contributed by atoms with Crippen LogP contribution in [0, 0.1) is 11.6 Å². The molecule has 0 saturated heterocycles. The molecule has 0 bridgehead atoms. The molecule has 0 aliphatic heterocycles. The Morgan fingerprint density at radius 1 is 1.11 bits per heavy atom. The average Bonchev–Trinajstić information content (AvgIpc) is 2.32. The number of thioether (sulfide) groups is 1. The maximum absolute atomic E-state index is 13.6. The molecular formula is C13H10BrF2NS. The number of benzene rings is 2. The van der Waals surface area contributed by atoms with Crippen molar-refractivity contribution >= 4 is 33.4 Å². The van der Waals surface area contributed by atoms with Crippen LogP contribution in [0.2, 0.25) is 0 Å². The van der Waals surface area contributed by atoms with Gasteiger partial charge >= 0.3 is 0 Å². The Kier molecular flexibility index (Phi) is 4.24. The summed E-state index contributed by atoms with van der Waals surface area (Å²) in [5, 5.41) is 0. The Labute approximate surface area is 117 Å². The minimum atomic E-state index is -0.344. The van der Waals surface area contributed by atoms with Crippen molar-refractivity contribution in [1.29, 1.82) is 0 Å². The molecule has 0 aromatic heterocycles. The van der Waals surface area contributed by atoms with Crippen molar-refractivity contribution in [3.63, 3.8) is 0 Å². The van der Waals surface area contributed by atoms with E-state index in [-0.39, 0.29) is 11.6 Å². The van der Waals surface area contributed by atoms with Crippen LogP contribution in [0.25, 0.3) is 0 Å². The van der Waals surface area contributed by atoms with Crippen LogP contribution in [0.15, 0.2) is 45.8 Å². The standard InChI is InChI=1S/C13H10BrF2NS/c14-9-2-1-8(11(16)5-9)7-18-13-6-10(15)3-4-12(13)17/h1-6H,7,17H2. The molecule has 0 aliphatic carbocycles. The summed E-state index contributed by atoms with van der Waals surface area (Å²) >= 11 is 4.51. The molecule has 0 aliphatic rings. The second kappa shape index (κ2) is 5.71. The third-order valence-electron chi connectivity index (χ3n) is 2.37. The van der Waals surface area contributed by atoms with Gasteiger partial charge in [0.15, 0.2) is 0 Å². The van der Waals surface area contributed by atoms with Gasteiger partial charge in [-0.15, -0.1) is 11.8 Å². The van der Waals surface area contributed by atoms with Crippen LogP contribution >= 0.6 is 27.7 Å². The predicted molar refractivity (Wildman–Crippen MR) is 74.5 cm³/mol. The molecule has 0 radical (unpaired) electrons. The number of nitrogen functional groups attached to an aromatic ring is 1. The highest BCUT2D eigenvalue weighted by Gasteiger charge is 2.06. The Balaban J connectivity index is 2.13. The van der Waals surface area contributed by atoms with Crippen molar-refractivity contribution in [2.45, 2.75) is 10.6 Å². The van der Waals surface area contributed by atoms with Gasteiger partial charge in [0.1, 0.15) is 11.6 Å². The summed E-state index contributed by atoms with van der Waals surface area (Å²) in [5.41, 5.74) is 6.79. The minimum absolute atomic E-state index is 0.285. The lowest BCUT2D eigenvalue weighted by Gasteiger charge is -2.06. The summed E-state index contributed by atoms with van der Waals surface area (Å²) in [4.78, 5) is 0.623. The van der Waals surface area contributed by atoms with Crippen molar-refractivity contribution in [3.05, 3.63) is 58.1 Å². The van der Waals surface area contributed by atoms with Crippen molar-refractivity contribution in [2.75, 3.05) is 5.73 Å². The summed E-state index contributed by atoms with van der Waals surface area (Å²) in [6, 6.07) is 9.05. The van der Waals surface area contributed by atoms with E-state index >= 15 is 0 Å². The molecule has 0 heterocycles. The lowest BCUT2D eigenvalue weighted by molar-refractivity contribution is 0.616. The number of anilines is 1. The molecule has 2 N–H and O–H groups in total. The highest BCUT2D eigenvalue weighted by molar-refractivity contribution is 9.10. The molecule has 5 heteroatoms. The molecule has 0 spiro atoms. The summed E-state index contributed by atoms with van der Waals surface area (Å²) in [5.74, 6) is -0.220. The van der Waals surface area contributed by atoms with E-state index in [4.69, 9.17) is 5.73 Å². The molecule has 0 atom stereocenters. The molecule has 0 fully saturated rings. The van der Waals surface area contributed by atoms with Gasteiger partial charge in [-0.25, -0.2) is 8.78 Å². The van der Waals surface area contributed by atoms with Crippen molar-refractivity contribution in [1.82, 2.24) is 0 Å². The van der Waals surface area contributed by atoms with Crippen LogP contribution in [0.3, 0.4) is 0 Å². The molecule has 2 aromatic rings. The number of nitrogens with two attached hydrogens (primary N) is 1. The van der Waals surface area contributed by atoms with Gasteiger partial charge < -0.3 is 5.73 Å². The number of hydrogen-bond acceptors (Lipinski definition) is 2. The first-order valence-corrected chi connectivity index (χ1v) is 6.96. The Hall–Kier alpha value is -1.07. The molecule has 0 saturated carbocycles. The van der Waals surface area contributed by atoms with Gasteiger partial charge in [0.05, 0.1) is 0 Å². The van der Waals surface area contributed by atoms with E-state index < -0.39 is 0 Å². The highest BCUT2D eigenvalue weighted by Crippen LogP contribution is 2.30. The first-order chi connectivity index (χ1) is 8.56. The molecule has 0 amide bonds. The van der Waals surface area contributed by atoms with Gasteiger partial charge in [-0.05, 0) is 35.9 Å². The van der Waals surface area contributed by atoms with Crippen LogP contribution in [-0.2, 0) is 5.75 Å². The van der Waals surface area contributed by atoms with E-state index in [1.54, 1.807) is 12.1 Å². The average molecular weight is 330 g/mol. The maximum Gasteiger partial charge on any atom is 0.128 e. The molecule has 2 rings (SSSR count). The largest absolute Gasteiger partial charge is 0.398 e. The lowest BCUT2D eigenvalue weighted by Crippen LogP contribution is -1.92. The fourth-order valence-electron chi connectivity index (χ4n) is 1.43. The van der Waals surface area contributed by atoms with Crippen LogP contribution < -0.4 is 5.73 Å². The summed E-state index contributed by atoms with van der Waals surface area (Å²) in [6.07, 6.45) is 0. The number of halogens is 3. The van der Waals surface area contributed by atoms with Crippen LogP contribution in [-0.4, -0.2) is 0 Å². The quantitative estimate of drug-likeness (QED) is 0.657. The SMILES string of the molecule is Nc1ccc(F)cc1SCc1ccc(Br)cc1F. The van der Waals surface area contributed by atoms with Crippen LogP contribution in [0.1, 0.15) is 5.56 Å². The van der Waals surface area contributed by atoms with E-state index in [1.807, 2.05) is 0 Å². The first-order valence-electron chi connectivity index (χ1n) is 5.18. The highest BCUT2D eigenvalue weighted by atomic mass is 79.9. The van der Waals surface area contributed by atoms with Gasteiger partial charge in [0.25, 0.3) is 0 Å². The molecule has 94 valence electrons. The third kappa shape index (κ3) is 3.23. The van der Waals surface area contributed by atoms with Crippen molar-refractivity contribution in [3.8, 4) is 0 Å². The fraction of sp³-hybridized carbons (Fsp3) is 0.0769. The Morgan fingerprint density at radius 2 is 1.89 bits per heavy atom. The fourth-order valence-corrected chi connectivity index (χ4v) is 2.74. The van der Waals surface area contributed by atoms with E-state index in [1.165, 1.54) is 36.0 Å². The lowest BCUT2D eigenvalue weighted by atomic mass is 10.2. The summed E-state index contributed by atoms with van der Waals surface area (Å²) in [7, 11) is 0. The zero-order valence-corrected chi connectivity index (χ0v) is 11.7. The Morgan fingerprint density at radius 3 is 2.61 bits per heavy atom. The smallest absolute Gasteiger partial charge is 0.128 e. The zero-order chi connectivity index (χ0) is 13.1. The number of rotatable bonds is 3. The number of hydrogen-bond donors (Lipinski definition) is 1. The van der Waals surface area contributed by atoms with Crippen LogP contribution in [0.5, 0.6) is 0 Å². The van der Waals surface area contributed by atoms with Gasteiger partial charge in [-0.2, -0.15) is 0 Å². The third-order valence-corrected chi connectivity index (χ3v) is 3.99. The van der Waals surface area contributed by atoms with Gasteiger partial charge in [0, 0.05) is 20.8 Å². The van der Waals surface area contributed by atoms with Crippen molar-refractivity contribution in [2.24, 2.45) is 0 Å². The van der Waals surface area contributed by atoms with Gasteiger partial charge in [-0.1, -0.05) is 22.0 Å². The monoisotopic (exact) mass is 329 g/mol. The summed E-state index contributed by atoms with van der Waals surface area (Å²) < 4.78 is 27.3. The van der Waals surface area contributed by atoms with Crippen LogP contribution in [0.4, 0.5) is 14.5 Å². The zero-order valence-electron chi connectivity index (χ0n) is 9.29. The molecule has 1 nitrogen and oxygen atoms in total. The van der Waals surface area contributed by atoms with Gasteiger partial charge in [0.2, 0.25) is 0 Å². The Bertz CT molecular complexity index is 575. The molecular weight excluding hydrogens is 320 g/mol. The maximum atomic E-state index is 13.6. The molecule has 2 aromatic carbocycles. The van der Waals surface area contributed by atoms with E-state index in [9.17, 15) is 8.78 Å². The van der Waals surface area contributed by atoms with Gasteiger partial charge in [-0.3, -0.25) is 0 Å². The predicted octanol–water partition coefficient (Wildman–Crippen LogP) is 4.60. The first kappa shape index (κ1) is 13.4. The second-order valence-corrected chi connectivity index (χ2v) is 5.64. The second-order valence-electron chi connectivity index (χ2n) is 3.71. The molecule has 0 unspecified atom stereocenters. The van der Waals surface area contributed by atoms with E-state index in [0.29, 0.717) is 26.4 Å². The minimum Gasteiger partial charge on any atom is -0.398 e. The topological polar surface area (TPSA) is 26.0 Å². The molecule has 18 heavy (non-hydrogen) atoms.